The number of nitrogens with zero attached hydrogens (tertiary/aromatic N) is 1. The van der Waals surface area contributed by atoms with Crippen LogP contribution in [0.3, 0.4) is 0 Å². The van der Waals surface area contributed by atoms with E-state index < -0.39 is 5.97 Å². The molecule has 0 saturated carbocycles. The Bertz CT molecular complexity index is 443. The summed E-state index contributed by atoms with van der Waals surface area (Å²) in [6.45, 7) is 3.55. The first kappa shape index (κ1) is 15.1. The van der Waals surface area contributed by atoms with Gasteiger partial charge in [0.1, 0.15) is 0 Å². The molecule has 0 amide bonds. The molecule has 1 N–H and O–H groups in total. The zero-order valence-corrected chi connectivity index (χ0v) is 12.2. The fourth-order valence-electron chi connectivity index (χ4n) is 2.87. The van der Waals surface area contributed by atoms with Gasteiger partial charge in [-0.1, -0.05) is 13.3 Å². The summed E-state index contributed by atoms with van der Waals surface area (Å²) in [4.78, 5) is 13.9. The van der Waals surface area contributed by atoms with Crippen LogP contribution < -0.4 is 0 Å². The molecule has 1 aliphatic heterocycles. The van der Waals surface area contributed by atoms with Crippen molar-refractivity contribution in [1.29, 1.82) is 0 Å². The molecular formula is C15H23NO4. The van der Waals surface area contributed by atoms with Crippen LogP contribution >= 0.6 is 0 Å². The largest absolute Gasteiger partial charge is 0.463 e. The first-order valence-electron chi connectivity index (χ1n) is 7.24. The van der Waals surface area contributed by atoms with Crippen molar-refractivity contribution in [3.63, 3.8) is 0 Å². The lowest BCUT2D eigenvalue weighted by atomic mass is 9.95. The summed E-state index contributed by atoms with van der Waals surface area (Å²) in [5.74, 6) is -0.183. The lowest BCUT2D eigenvalue weighted by molar-refractivity contribution is 0.0190. The minimum Gasteiger partial charge on any atom is -0.463 e. The topological polar surface area (TPSA) is 62.9 Å². The Morgan fingerprint density at radius 2 is 2.40 bits per heavy atom. The van der Waals surface area contributed by atoms with Crippen molar-refractivity contribution in [2.75, 3.05) is 13.7 Å². The van der Waals surface area contributed by atoms with Gasteiger partial charge in [0.25, 0.3) is 0 Å². The van der Waals surface area contributed by atoms with Crippen molar-refractivity contribution in [2.45, 2.75) is 51.3 Å². The Morgan fingerprint density at radius 1 is 1.60 bits per heavy atom. The second-order valence-electron chi connectivity index (χ2n) is 5.28. The number of hydrogen-bond acceptors (Lipinski definition) is 5. The van der Waals surface area contributed by atoms with Crippen LogP contribution in [0, 0.1) is 0 Å². The SMILES string of the molecule is CCC(O)C1CCCCN1Cc1ccoc1C(=O)OC. The van der Waals surface area contributed by atoms with Crippen molar-refractivity contribution in [3.05, 3.63) is 23.7 Å². The fourth-order valence-corrected chi connectivity index (χ4v) is 2.87. The molecule has 1 aromatic rings. The van der Waals surface area contributed by atoms with E-state index in [0.717, 1.165) is 37.8 Å². The van der Waals surface area contributed by atoms with Crippen molar-refractivity contribution < 1.29 is 19.1 Å². The third kappa shape index (κ3) is 3.22. The molecule has 1 aromatic heterocycles. The third-order valence-corrected chi connectivity index (χ3v) is 4.02. The van der Waals surface area contributed by atoms with Crippen molar-refractivity contribution in [1.82, 2.24) is 4.90 Å². The molecule has 1 aliphatic rings. The van der Waals surface area contributed by atoms with Crippen molar-refractivity contribution in [3.8, 4) is 0 Å². The maximum Gasteiger partial charge on any atom is 0.374 e. The normalized spacial score (nSPS) is 21.6. The van der Waals surface area contributed by atoms with E-state index in [2.05, 4.69) is 4.90 Å². The van der Waals surface area contributed by atoms with Crippen LogP contribution in [0.15, 0.2) is 16.7 Å². The number of piperidine rings is 1. The molecule has 0 aromatic carbocycles. The van der Waals surface area contributed by atoms with Gasteiger partial charge < -0.3 is 14.3 Å². The number of likely N-dealkylation sites (tertiary alicyclic amines) is 1. The minimum atomic E-state index is -0.449. The van der Waals surface area contributed by atoms with E-state index in [1.54, 1.807) is 6.07 Å². The molecule has 0 spiro atoms. The zero-order chi connectivity index (χ0) is 14.5. The van der Waals surface area contributed by atoms with E-state index in [1.165, 1.54) is 13.4 Å². The number of furan rings is 1. The number of aliphatic hydroxyl groups is 1. The lowest BCUT2D eigenvalue weighted by Crippen LogP contribution is -2.46. The van der Waals surface area contributed by atoms with Crippen molar-refractivity contribution >= 4 is 5.97 Å². The number of ether oxygens (including phenoxy) is 1. The maximum absolute atomic E-state index is 11.6. The highest BCUT2D eigenvalue weighted by Gasteiger charge is 2.29. The van der Waals surface area contributed by atoms with E-state index >= 15 is 0 Å². The summed E-state index contributed by atoms with van der Waals surface area (Å²) >= 11 is 0. The molecule has 1 saturated heterocycles. The van der Waals surface area contributed by atoms with Crippen LogP contribution in [0.4, 0.5) is 0 Å². The molecule has 2 atom stereocenters. The zero-order valence-electron chi connectivity index (χ0n) is 12.2. The molecular weight excluding hydrogens is 258 g/mol. The van der Waals surface area contributed by atoms with Gasteiger partial charge in [0, 0.05) is 18.2 Å². The van der Waals surface area contributed by atoms with Crippen LogP contribution in [0.2, 0.25) is 0 Å². The van der Waals surface area contributed by atoms with Gasteiger partial charge in [0.05, 0.1) is 19.5 Å². The summed E-state index contributed by atoms with van der Waals surface area (Å²) in [6.07, 6.45) is 5.21. The van der Waals surface area contributed by atoms with E-state index in [-0.39, 0.29) is 17.9 Å². The first-order chi connectivity index (χ1) is 9.67. The molecule has 1 fully saturated rings. The Hall–Kier alpha value is -1.33. The van der Waals surface area contributed by atoms with Gasteiger partial charge in [-0.3, -0.25) is 4.90 Å². The standard InChI is InChI=1S/C15H23NO4/c1-3-13(17)12-6-4-5-8-16(12)10-11-7-9-20-14(11)15(18)19-2/h7,9,12-13,17H,3-6,8,10H2,1-2H3. The number of carbonyl (C=O) groups excluding carboxylic acids is 1. The highest BCUT2D eigenvalue weighted by Crippen LogP contribution is 2.25. The predicted molar refractivity (Wildman–Crippen MR) is 74.4 cm³/mol. The van der Waals surface area contributed by atoms with Gasteiger partial charge in [-0.25, -0.2) is 4.79 Å². The minimum absolute atomic E-state index is 0.161. The molecule has 20 heavy (non-hydrogen) atoms. The number of carbonyl (C=O) groups is 1. The van der Waals surface area contributed by atoms with E-state index in [4.69, 9.17) is 9.15 Å². The number of rotatable bonds is 5. The average molecular weight is 281 g/mol. The van der Waals surface area contributed by atoms with Gasteiger partial charge in [0.15, 0.2) is 0 Å². The number of methoxy groups -OCH3 is 1. The number of hydrogen-bond donors (Lipinski definition) is 1. The number of aliphatic hydroxyl groups excluding tert-OH is 1. The van der Waals surface area contributed by atoms with Gasteiger partial charge in [-0.2, -0.15) is 0 Å². The quantitative estimate of drug-likeness (QED) is 0.838. The Kier molecular flexibility index (Phi) is 5.20. The van der Waals surface area contributed by atoms with E-state index in [1.807, 2.05) is 6.92 Å². The van der Waals surface area contributed by atoms with E-state index in [9.17, 15) is 9.90 Å². The molecule has 0 radical (unpaired) electrons. The van der Waals surface area contributed by atoms with Crippen LogP contribution in [-0.4, -0.2) is 41.8 Å². The summed E-state index contributed by atoms with van der Waals surface area (Å²) in [5.41, 5.74) is 0.826. The van der Waals surface area contributed by atoms with Gasteiger partial charge >= 0.3 is 5.97 Å². The second-order valence-corrected chi connectivity index (χ2v) is 5.28. The van der Waals surface area contributed by atoms with Crippen LogP contribution in [0.5, 0.6) is 0 Å². The summed E-state index contributed by atoms with van der Waals surface area (Å²) in [5, 5.41) is 10.1. The molecule has 5 nitrogen and oxygen atoms in total. The maximum atomic E-state index is 11.6. The second kappa shape index (κ2) is 6.90. The highest BCUT2D eigenvalue weighted by atomic mass is 16.5. The van der Waals surface area contributed by atoms with Crippen LogP contribution in [0.1, 0.15) is 48.7 Å². The van der Waals surface area contributed by atoms with E-state index in [0.29, 0.717) is 6.54 Å². The highest BCUT2D eigenvalue weighted by molar-refractivity contribution is 5.87. The Morgan fingerprint density at radius 3 is 3.10 bits per heavy atom. The molecule has 0 bridgehead atoms. The summed E-state index contributed by atoms with van der Waals surface area (Å²) in [6, 6.07) is 1.96. The van der Waals surface area contributed by atoms with Crippen LogP contribution in [0.25, 0.3) is 0 Å². The lowest BCUT2D eigenvalue weighted by Gasteiger charge is -2.38. The summed E-state index contributed by atoms with van der Waals surface area (Å²) in [7, 11) is 1.35. The Balaban J connectivity index is 2.11. The van der Waals surface area contributed by atoms with Gasteiger partial charge in [-0.05, 0) is 31.9 Å². The Labute approximate surface area is 119 Å². The molecule has 0 aliphatic carbocycles. The molecule has 2 unspecified atom stereocenters. The molecule has 2 rings (SSSR count). The van der Waals surface area contributed by atoms with Gasteiger partial charge in [-0.15, -0.1) is 0 Å². The molecule has 2 heterocycles. The van der Waals surface area contributed by atoms with Crippen LogP contribution in [-0.2, 0) is 11.3 Å². The molecule has 5 heteroatoms. The average Bonchev–Trinajstić information content (AvgIpc) is 2.94. The molecule has 112 valence electrons. The third-order valence-electron chi connectivity index (χ3n) is 4.02. The smallest absolute Gasteiger partial charge is 0.374 e. The monoisotopic (exact) mass is 281 g/mol. The van der Waals surface area contributed by atoms with Crippen molar-refractivity contribution in [2.24, 2.45) is 0 Å². The fraction of sp³-hybridized carbons (Fsp3) is 0.667. The summed E-state index contributed by atoms with van der Waals surface area (Å²) < 4.78 is 9.94. The van der Waals surface area contributed by atoms with Gasteiger partial charge in [0.2, 0.25) is 5.76 Å². The number of esters is 1. The predicted octanol–water partition coefficient (Wildman–Crippen LogP) is 2.19. The first-order valence-corrected chi connectivity index (χ1v) is 7.24.